The molecular formula is C20H23N3O5S2. The molecule has 0 spiro atoms. The monoisotopic (exact) mass is 449 g/mol. The zero-order chi connectivity index (χ0) is 21.9. The van der Waals surface area contributed by atoms with Gasteiger partial charge in [-0.25, -0.2) is 8.42 Å². The fraction of sp³-hybridized carbons (Fsp3) is 0.350. The number of non-ortho nitro benzene ring substituents is 1. The Morgan fingerprint density at radius 2 is 1.67 bits per heavy atom. The number of hydrogen-bond donors (Lipinski definition) is 0. The summed E-state index contributed by atoms with van der Waals surface area (Å²) in [4.78, 5) is 25.4. The lowest BCUT2D eigenvalue weighted by Crippen LogP contribution is -2.50. The zero-order valence-electron chi connectivity index (χ0n) is 16.8. The fourth-order valence-electron chi connectivity index (χ4n) is 3.10. The average molecular weight is 450 g/mol. The van der Waals surface area contributed by atoms with Gasteiger partial charge in [-0.15, -0.1) is 11.8 Å². The molecule has 0 aromatic heterocycles. The van der Waals surface area contributed by atoms with Crippen LogP contribution in [-0.4, -0.2) is 60.4 Å². The third-order valence-corrected chi connectivity index (χ3v) is 8.01. The SMILES string of the molecule is Cc1ccc(S(=O)(=O)N2CCN(C(=O)CSc3ccc([N+](=O)[O-])cc3)CC2)cc1C. The molecule has 1 fully saturated rings. The maximum absolute atomic E-state index is 12.9. The van der Waals surface area contributed by atoms with Crippen LogP contribution in [0.3, 0.4) is 0 Å². The fourth-order valence-corrected chi connectivity index (χ4v) is 5.41. The average Bonchev–Trinajstić information content (AvgIpc) is 2.74. The maximum atomic E-state index is 12.9. The number of hydrogen-bond acceptors (Lipinski definition) is 6. The van der Waals surface area contributed by atoms with E-state index in [1.54, 1.807) is 35.2 Å². The van der Waals surface area contributed by atoms with Crippen molar-refractivity contribution in [3.8, 4) is 0 Å². The van der Waals surface area contributed by atoms with E-state index >= 15 is 0 Å². The molecule has 160 valence electrons. The van der Waals surface area contributed by atoms with Gasteiger partial charge in [-0.05, 0) is 49.2 Å². The van der Waals surface area contributed by atoms with Gasteiger partial charge in [0.15, 0.2) is 0 Å². The Bertz CT molecular complexity index is 1050. The van der Waals surface area contributed by atoms with E-state index in [4.69, 9.17) is 0 Å². The van der Waals surface area contributed by atoms with E-state index in [1.165, 1.54) is 28.2 Å². The van der Waals surface area contributed by atoms with E-state index in [1.807, 2.05) is 13.8 Å². The summed E-state index contributed by atoms with van der Waals surface area (Å²) in [6.07, 6.45) is 0. The highest BCUT2D eigenvalue weighted by molar-refractivity contribution is 8.00. The molecule has 0 unspecified atom stereocenters. The molecule has 1 aliphatic heterocycles. The van der Waals surface area contributed by atoms with E-state index < -0.39 is 14.9 Å². The van der Waals surface area contributed by atoms with Crippen molar-refractivity contribution in [3.63, 3.8) is 0 Å². The van der Waals surface area contributed by atoms with Crippen molar-refractivity contribution in [2.75, 3.05) is 31.9 Å². The number of nitro groups is 1. The van der Waals surface area contributed by atoms with Crippen molar-refractivity contribution >= 4 is 33.4 Å². The molecule has 8 nitrogen and oxygen atoms in total. The minimum absolute atomic E-state index is 0.00628. The zero-order valence-corrected chi connectivity index (χ0v) is 18.4. The van der Waals surface area contributed by atoms with Gasteiger partial charge in [0.2, 0.25) is 15.9 Å². The lowest BCUT2D eigenvalue weighted by atomic mass is 10.1. The molecule has 1 heterocycles. The minimum Gasteiger partial charge on any atom is -0.339 e. The number of nitrogens with zero attached hydrogens (tertiary/aromatic N) is 3. The summed E-state index contributed by atoms with van der Waals surface area (Å²) in [5, 5.41) is 10.7. The Labute approximate surface area is 180 Å². The van der Waals surface area contributed by atoms with E-state index in [2.05, 4.69) is 0 Å². The van der Waals surface area contributed by atoms with E-state index in [0.717, 1.165) is 16.0 Å². The van der Waals surface area contributed by atoms with Crippen LogP contribution in [0.2, 0.25) is 0 Å². The van der Waals surface area contributed by atoms with Crippen molar-refractivity contribution in [1.29, 1.82) is 0 Å². The molecule has 0 saturated carbocycles. The van der Waals surface area contributed by atoms with E-state index in [9.17, 15) is 23.3 Å². The van der Waals surface area contributed by atoms with Crippen molar-refractivity contribution in [1.82, 2.24) is 9.21 Å². The molecule has 0 aliphatic carbocycles. The smallest absolute Gasteiger partial charge is 0.269 e. The third-order valence-electron chi connectivity index (χ3n) is 5.12. The van der Waals surface area contributed by atoms with Crippen LogP contribution >= 0.6 is 11.8 Å². The number of piperazine rings is 1. The Morgan fingerprint density at radius 1 is 1.03 bits per heavy atom. The summed E-state index contributed by atoms with van der Waals surface area (Å²) < 4.78 is 27.2. The molecule has 30 heavy (non-hydrogen) atoms. The highest BCUT2D eigenvalue weighted by Gasteiger charge is 2.30. The van der Waals surface area contributed by atoms with Gasteiger partial charge in [-0.2, -0.15) is 4.31 Å². The van der Waals surface area contributed by atoms with Crippen LogP contribution in [0.5, 0.6) is 0 Å². The lowest BCUT2D eigenvalue weighted by Gasteiger charge is -2.34. The maximum Gasteiger partial charge on any atom is 0.269 e. The van der Waals surface area contributed by atoms with Gasteiger partial charge in [0.1, 0.15) is 0 Å². The second-order valence-corrected chi connectivity index (χ2v) is 10.1. The van der Waals surface area contributed by atoms with Crippen LogP contribution in [0.4, 0.5) is 5.69 Å². The molecule has 2 aromatic rings. The number of thioether (sulfide) groups is 1. The molecule has 10 heteroatoms. The Balaban J connectivity index is 1.54. The van der Waals surface area contributed by atoms with Crippen molar-refractivity contribution < 1.29 is 18.1 Å². The summed E-state index contributed by atoms with van der Waals surface area (Å²) >= 11 is 1.30. The molecular weight excluding hydrogens is 426 g/mol. The first kappa shape index (κ1) is 22.3. The number of aryl methyl sites for hydroxylation is 2. The van der Waals surface area contributed by atoms with Crippen LogP contribution in [0.25, 0.3) is 0 Å². The molecule has 0 N–H and O–H groups in total. The first-order valence-corrected chi connectivity index (χ1v) is 11.8. The second-order valence-electron chi connectivity index (χ2n) is 7.07. The van der Waals surface area contributed by atoms with Gasteiger partial charge in [0, 0.05) is 43.2 Å². The normalized spacial score (nSPS) is 15.2. The van der Waals surface area contributed by atoms with E-state index in [-0.39, 0.29) is 35.3 Å². The molecule has 2 aromatic carbocycles. The van der Waals surface area contributed by atoms with Crippen molar-refractivity contribution in [2.45, 2.75) is 23.6 Å². The van der Waals surface area contributed by atoms with Gasteiger partial charge >= 0.3 is 0 Å². The summed E-state index contributed by atoms with van der Waals surface area (Å²) in [5.41, 5.74) is 1.97. The minimum atomic E-state index is -3.58. The van der Waals surface area contributed by atoms with Crippen LogP contribution < -0.4 is 0 Å². The first-order valence-electron chi connectivity index (χ1n) is 9.41. The van der Waals surface area contributed by atoms with Gasteiger partial charge in [-0.3, -0.25) is 14.9 Å². The van der Waals surface area contributed by atoms with Crippen molar-refractivity contribution in [2.24, 2.45) is 0 Å². The Hall–Kier alpha value is -2.43. The highest BCUT2D eigenvalue weighted by atomic mass is 32.2. The first-order chi connectivity index (χ1) is 14.2. The number of sulfonamides is 1. The van der Waals surface area contributed by atoms with Crippen LogP contribution in [0.15, 0.2) is 52.3 Å². The van der Waals surface area contributed by atoms with Crippen LogP contribution in [0.1, 0.15) is 11.1 Å². The molecule has 0 radical (unpaired) electrons. The molecule has 0 atom stereocenters. The summed E-state index contributed by atoms with van der Waals surface area (Å²) in [7, 11) is -3.58. The van der Waals surface area contributed by atoms with Crippen molar-refractivity contribution in [3.05, 3.63) is 63.7 Å². The topological polar surface area (TPSA) is 101 Å². The summed E-state index contributed by atoms with van der Waals surface area (Å²) in [6, 6.07) is 11.2. The van der Waals surface area contributed by atoms with Crippen LogP contribution in [0, 0.1) is 24.0 Å². The molecule has 1 saturated heterocycles. The number of benzene rings is 2. The Kier molecular flexibility index (Phi) is 6.79. The summed E-state index contributed by atoms with van der Waals surface area (Å²) in [6.45, 7) is 5.00. The van der Waals surface area contributed by atoms with Gasteiger partial charge < -0.3 is 4.90 Å². The van der Waals surface area contributed by atoms with E-state index in [0.29, 0.717) is 13.1 Å². The van der Waals surface area contributed by atoms with Gasteiger partial charge in [0.25, 0.3) is 5.69 Å². The number of rotatable bonds is 6. The second kappa shape index (κ2) is 9.15. The lowest BCUT2D eigenvalue weighted by molar-refractivity contribution is -0.384. The molecule has 3 rings (SSSR count). The standard InChI is InChI=1S/C20H23N3O5S2/c1-15-3-8-19(13-16(15)2)30(27,28)22-11-9-21(10-12-22)20(24)14-29-18-6-4-17(5-7-18)23(25)26/h3-8,13H,9-12,14H2,1-2H3. The molecule has 1 aliphatic rings. The number of carbonyl (C=O) groups is 1. The van der Waals surface area contributed by atoms with Gasteiger partial charge in [-0.1, -0.05) is 6.07 Å². The number of nitro benzene ring substituents is 1. The molecule has 1 amide bonds. The largest absolute Gasteiger partial charge is 0.339 e. The highest BCUT2D eigenvalue weighted by Crippen LogP contribution is 2.23. The third kappa shape index (κ3) is 5.00. The number of amides is 1. The number of carbonyl (C=O) groups excluding carboxylic acids is 1. The Morgan fingerprint density at radius 3 is 2.23 bits per heavy atom. The van der Waals surface area contributed by atoms with Crippen LogP contribution in [-0.2, 0) is 14.8 Å². The summed E-state index contributed by atoms with van der Waals surface area (Å²) in [5.74, 6) is 0.114. The molecule has 0 bridgehead atoms. The van der Waals surface area contributed by atoms with Gasteiger partial charge in [0.05, 0.1) is 15.6 Å². The predicted molar refractivity (Wildman–Crippen MR) is 115 cm³/mol. The quantitative estimate of drug-likeness (QED) is 0.382. The predicted octanol–water partition coefficient (Wildman–Crippen LogP) is 2.84.